The molecule has 1 aliphatic heterocycles. The van der Waals surface area contributed by atoms with Gasteiger partial charge in [0.15, 0.2) is 6.19 Å². The van der Waals surface area contributed by atoms with Crippen LogP contribution in [0.15, 0.2) is 18.2 Å². The SMILES string of the molecule is CN(C#N)Cc1ccc2c(c1)CCO2. The van der Waals surface area contributed by atoms with Crippen LogP contribution in [0.2, 0.25) is 0 Å². The summed E-state index contributed by atoms with van der Waals surface area (Å²) in [5.74, 6) is 0.994. The van der Waals surface area contributed by atoms with Gasteiger partial charge in [-0.25, -0.2) is 0 Å². The van der Waals surface area contributed by atoms with Crippen molar-refractivity contribution in [2.75, 3.05) is 13.7 Å². The van der Waals surface area contributed by atoms with E-state index in [0.29, 0.717) is 6.54 Å². The summed E-state index contributed by atoms with van der Waals surface area (Å²) in [6, 6.07) is 6.12. The lowest BCUT2D eigenvalue weighted by Crippen LogP contribution is -2.10. The second kappa shape index (κ2) is 3.59. The van der Waals surface area contributed by atoms with Crippen molar-refractivity contribution in [1.82, 2.24) is 4.90 Å². The average Bonchev–Trinajstić information content (AvgIpc) is 2.64. The van der Waals surface area contributed by atoms with E-state index < -0.39 is 0 Å². The van der Waals surface area contributed by atoms with Gasteiger partial charge >= 0.3 is 0 Å². The summed E-state index contributed by atoms with van der Waals surface area (Å²) in [7, 11) is 1.78. The Labute approximate surface area is 83.5 Å². The zero-order valence-electron chi connectivity index (χ0n) is 8.16. The first kappa shape index (κ1) is 8.89. The quantitative estimate of drug-likeness (QED) is 0.521. The van der Waals surface area contributed by atoms with Crippen LogP contribution in [0, 0.1) is 11.5 Å². The lowest BCUT2D eigenvalue weighted by Gasteiger charge is -2.09. The highest BCUT2D eigenvalue weighted by atomic mass is 16.5. The molecule has 14 heavy (non-hydrogen) atoms. The molecule has 0 aliphatic carbocycles. The second-order valence-corrected chi connectivity index (χ2v) is 3.50. The van der Waals surface area contributed by atoms with Crippen molar-refractivity contribution in [3.05, 3.63) is 29.3 Å². The van der Waals surface area contributed by atoms with Crippen LogP contribution in [-0.2, 0) is 13.0 Å². The standard InChI is InChI=1S/C11H12N2O/c1-13(8-12)7-9-2-3-11-10(6-9)4-5-14-11/h2-3,6H,4-5,7H2,1H3. The normalized spacial score (nSPS) is 12.9. The minimum Gasteiger partial charge on any atom is -0.493 e. The van der Waals surface area contributed by atoms with Crippen LogP contribution in [-0.4, -0.2) is 18.6 Å². The fourth-order valence-electron chi connectivity index (χ4n) is 1.65. The van der Waals surface area contributed by atoms with Gasteiger partial charge in [0.25, 0.3) is 0 Å². The summed E-state index contributed by atoms with van der Waals surface area (Å²) < 4.78 is 5.41. The number of ether oxygens (including phenoxy) is 1. The van der Waals surface area contributed by atoms with E-state index in [4.69, 9.17) is 10.00 Å². The third kappa shape index (κ3) is 1.64. The van der Waals surface area contributed by atoms with E-state index in [-0.39, 0.29) is 0 Å². The predicted octanol–water partition coefficient (Wildman–Crippen LogP) is 1.53. The first-order valence-electron chi connectivity index (χ1n) is 4.65. The molecular formula is C11H12N2O. The van der Waals surface area contributed by atoms with Crippen molar-refractivity contribution < 1.29 is 4.74 Å². The lowest BCUT2D eigenvalue weighted by molar-refractivity contribution is 0.356. The molecule has 72 valence electrons. The predicted molar refractivity (Wildman–Crippen MR) is 52.7 cm³/mol. The molecule has 0 fully saturated rings. The maximum absolute atomic E-state index is 8.64. The highest BCUT2D eigenvalue weighted by molar-refractivity contribution is 5.39. The average molecular weight is 188 g/mol. The molecule has 1 aromatic carbocycles. The summed E-state index contributed by atoms with van der Waals surface area (Å²) in [6.07, 6.45) is 3.07. The Morgan fingerprint density at radius 3 is 3.21 bits per heavy atom. The van der Waals surface area contributed by atoms with Crippen LogP contribution in [0.5, 0.6) is 5.75 Å². The number of benzene rings is 1. The first-order chi connectivity index (χ1) is 6.79. The van der Waals surface area contributed by atoms with E-state index in [0.717, 1.165) is 18.8 Å². The number of hydrogen-bond acceptors (Lipinski definition) is 3. The number of fused-ring (bicyclic) bond motifs is 1. The Morgan fingerprint density at radius 2 is 2.43 bits per heavy atom. The van der Waals surface area contributed by atoms with Gasteiger partial charge in [-0.05, 0) is 17.2 Å². The van der Waals surface area contributed by atoms with E-state index in [1.54, 1.807) is 11.9 Å². The van der Waals surface area contributed by atoms with E-state index in [2.05, 4.69) is 12.3 Å². The Morgan fingerprint density at radius 1 is 1.57 bits per heavy atom. The molecule has 0 N–H and O–H groups in total. The van der Waals surface area contributed by atoms with E-state index in [9.17, 15) is 0 Å². The van der Waals surface area contributed by atoms with Gasteiger partial charge in [0.2, 0.25) is 0 Å². The summed E-state index contributed by atoms with van der Waals surface area (Å²) in [5, 5.41) is 8.64. The molecular weight excluding hydrogens is 176 g/mol. The molecule has 0 unspecified atom stereocenters. The van der Waals surface area contributed by atoms with Crippen molar-refractivity contribution in [2.24, 2.45) is 0 Å². The summed E-state index contributed by atoms with van der Waals surface area (Å²) in [5.41, 5.74) is 2.42. The van der Waals surface area contributed by atoms with Crippen LogP contribution in [0.25, 0.3) is 0 Å². The Kier molecular flexibility index (Phi) is 2.28. The van der Waals surface area contributed by atoms with Crippen LogP contribution in [0.1, 0.15) is 11.1 Å². The minimum absolute atomic E-state index is 0.670. The fourth-order valence-corrected chi connectivity index (χ4v) is 1.65. The summed E-state index contributed by atoms with van der Waals surface area (Å²) >= 11 is 0. The third-order valence-electron chi connectivity index (χ3n) is 2.34. The van der Waals surface area contributed by atoms with Gasteiger partial charge in [-0.15, -0.1) is 0 Å². The molecule has 3 heteroatoms. The summed E-state index contributed by atoms with van der Waals surface area (Å²) in [4.78, 5) is 1.61. The number of nitrogens with zero attached hydrogens (tertiary/aromatic N) is 2. The van der Waals surface area contributed by atoms with Gasteiger partial charge < -0.3 is 9.64 Å². The van der Waals surface area contributed by atoms with E-state index in [1.165, 1.54) is 11.1 Å². The smallest absolute Gasteiger partial charge is 0.179 e. The number of rotatable bonds is 2. The largest absolute Gasteiger partial charge is 0.493 e. The maximum atomic E-state index is 8.64. The topological polar surface area (TPSA) is 36.3 Å². The van der Waals surface area contributed by atoms with Crippen LogP contribution in [0.4, 0.5) is 0 Å². The molecule has 0 amide bonds. The van der Waals surface area contributed by atoms with Crippen molar-refractivity contribution in [3.63, 3.8) is 0 Å². The minimum atomic E-state index is 0.670. The Balaban J connectivity index is 2.17. The third-order valence-corrected chi connectivity index (χ3v) is 2.34. The Bertz CT molecular complexity index is 381. The fraction of sp³-hybridized carbons (Fsp3) is 0.364. The van der Waals surface area contributed by atoms with Crippen molar-refractivity contribution >= 4 is 0 Å². The monoisotopic (exact) mass is 188 g/mol. The maximum Gasteiger partial charge on any atom is 0.179 e. The molecule has 1 heterocycles. The van der Waals surface area contributed by atoms with E-state index >= 15 is 0 Å². The molecule has 0 radical (unpaired) electrons. The first-order valence-corrected chi connectivity index (χ1v) is 4.65. The summed E-state index contributed by atoms with van der Waals surface area (Å²) in [6.45, 7) is 1.46. The van der Waals surface area contributed by atoms with Gasteiger partial charge in [0, 0.05) is 13.5 Å². The molecule has 0 saturated heterocycles. The molecule has 3 nitrogen and oxygen atoms in total. The molecule has 0 saturated carbocycles. The van der Waals surface area contributed by atoms with Crippen LogP contribution < -0.4 is 4.74 Å². The molecule has 0 spiro atoms. The molecule has 0 atom stereocenters. The van der Waals surface area contributed by atoms with Gasteiger partial charge in [-0.1, -0.05) is 12.1 Å². The van der Waals surface area contributed by atoms with Crippen LogP contribution >= 0.6 is 0 Å². The lowest BCUT2D eigenvalue weighted by atomic mass is 10.1. The van der Waals surface area contributed by atoms with Gasteiger partial charge in [0.1, 0.15) is 5.75 Å². The van der Waals surface area contributed by atoms with Crippen molar-refractivity contribution in [2.45, 2.75) is 13.0 Å². The molecule has 0 bridgehead atoms. The van der Waals surface area contributed by atoms with E-state index in [1.807, 2.05) is 12.1 Å². The van der Waals surface area contributed by atoms with Crippen molar-refractivity contribution in [3.8, 4) is 11.9 Å². The molecule has 1 aliphatic rings. The van der Waals surface area contributed by atoms with Gasteiger partial charge in [-0.3, -0.25) is 0 Å². The molecule has 0 aromatic heterocycles. The number of nitriles is 1. The molecule has 2 rings (SSSR count). The number of hydrogen-bond donors (Lipinski definition) is 0. The zero-order chi connectivity index (χ0) is 9.97. The second-order valence-electron chi connectivity index (χ2n) is 3.50. The highest BCUT2D eigenvalue weighted by Gasteiger charge is 2.12. The van der Waals surface area contributed by atoms with Gasteiger partial charge in [0.05, 0.1) is 13.2 Å². The highest BCUT2D eigenvalue weighted by Crippen LogP contribution is 2.26. The Hall–Kier alpha value is -1.69. The van der Waals surface area contributed by atoms with Gasteiger partial charge in [-0.2, -0.15) is 5.26 Å². The molecule has 1 aromatic rings. The van der Waals surface area contributed by atoms with Crippen LogP contribution in [0.3, 0.4) is 0 Å². The zero-order valence-corrected chi connectivity index (χ0v) is 8.16. The van der Waals surface area contributed by atoms with Crippen molar-refractivity contribution in [1.29, 1.82) is 5.26 Å².